The molecule has 9 nitrogen and oxygen atoms in total. The number of carbonyl (C=O) groups excluding carboxylic acids is 4. The number of methoxy groups -OCH3 is 1. The number of benzene rings is 2. The molecule has 4 rings (SSSR count). The number of esters is 1. The Balaban J connectivity index is 1.42. The van der Waals surface area contributed by atoms with Gasteiger partial charge in [0, 0.05) is 17.9 Å². The molecule has 0 atom stereocenters. The fraction of sp³-hybridized carbons (Fsp3) is 0.226. The molecule has 1 aliphatic heterocycles. The zero-order valence-electron chi connectivity index (χ0n) is 22.9. The van der Waals surface area contributed by atoms with Crippen molar-refractivity contribution in [2.24, 2.45) is 0 Å². The predicted octanol–water partition coefficient (Wildman–Crippen LogP) is 4.07. The molecule has 1 aliphatic rings. The summed E-state index contributed by atoms with van der Waals surface area (Å²) in [6.07, 6.45) is 2.10. The van der Waals surface area contributed by atoms with E-state index in [-0.39, 0.29) is 23.6 Å². The summed E-state index contributed by atoms with van der Waals surface area (Å²) >= 11 is 0. The Labute approximate surface area is 232 Å². The van der Waals surface area contributed by atoms with Crippen LogP contribution >= 0.6 is 0 Å². The molecule has 0 saturated carbocycles. The summed E-state index contributed by atoms with van der Waals surface area (Å²) in [5, 5.41) is 5.09. The second-order valence-electron chi connectivity index (χ2n) is 9.44. The highest BCUT2D eigenvalue weighted by Crippen LogP contribution is 2.32. The minimum atomic E-state index is -0.818. The van der Waals surface area contributed by atoms with Crippen molar-refractivity contribution >= 4 is 35.5 Å². The van der Waals surface area contributed by atoms with Crippen LogP contribution in [0.15, 0.2) is 81.9 Å². The van der Waals surface area contributed by atoms with E-state index in [4.69, 9.17) is 9.15 Å². The van der Waals surface area contributed by atoms with E-state index >= 15 is 0 Å². The average Bonchev–Trinajstić information content (AvgIpc) is 3.49. The van der Waals surface area contributed by atoms with Crippen LogP contribution in [0.2, 0.25) is 0 Å². The standard InChI is InChI=1S/C31H31N3O6/c1-19-10-11-23(16-20(19)2)33-29(36)28(35)32-18-25-13-12-24(40-25)17-26-27(31(38)39-4)21(3)34(30(26)37)15-14-22-8-6-5-7-9-22/h5-13,16-17H,14-15,18H2,1-4H3,(H,32,35)(H,33,36)/b26-17+. The zero-order chi connectivity index (χ0) is 28.8. The van der Waals surface area contributed by atoms with Crippen molar-refractivity contribution in [3.8, 4) is 0 Å². The van der Waals surface area contributed by atoms with Crippen molar-refractivity contribution in [1.29, 1.82) is 0 Å². The largest absolute Gasteiger partial charge is 0.465 e. The number of rotatable bonds is 8. The highest BCUT2D eigenvalue weighted by atomic mass is 16.5. The van der Waals surface area contributed by atoms with Gasteiger partial charge in [-0.15, -0.1) is 0 Å². The van der Waals surface area contributed by atoms with Crippen molar-refractivity contribution in [2.75, 3.05) is 19.0 Å². The van der Waals surface area contributed by atoms with Crippen molar-refractivity contribution in [3.63, 3.8) is 0 Å². The van der Waals surface area contributed by atoms with Crippen LogP contribution in [-0.2, 0) is 36.9 Å². The van der Waals surface area contributed by atoms with Crippen LogP contribution in [0, 0.1) is 13.8 Å². The lowest BCUT2D eigenvalue weighted by Crippen LogP contribution is -2.34. The molecule has 2 N–H and O–H groups in total. The number of furan rings is 1. The fourth-order valence-electron chi connectivity index (χ4n) is 4.35. The molecule has 40 heavy (non-hydrogen) atoms. The zero-order valence-corrected chi connectivity index (χ0v) is 22.9. The first-order valence-corrected chi connectivity index (χ1v) is 12.8. The summed E-state index contributed by atoms with van der Waals surface area (Å²) in [6, 6.07) is 18.4. The normalized spacial score (nSPS) is 14.1. The number of hydrogen-bond donors (Lipinski definition) is 2. The number of hydrogen-bond acceptors (Lipinski definition) is 6. The lowest BCUT2D eigenvalue weighted by Gasteiger charge is -2.17. The quantitative estimate of drug-likeness (QED) is 0.252. The van der Waals surface area contributed by atoms with Gasteiger partial charge in [0.25, 0.3) is 5.91 Å². The van der Waals surface area contributed by atoms with Gasteiger partial charge in [0.15, 0.2) is 0 Å². The minimum absolute atomic E-state index is 0.0434. The third kappa shape index (κ3) is 6.37. The second-order valence-corrected chi connectivity index (χ2v) is 9.44. The van der Waals surface area contributed by atoms with Crippen molar-refractivity contribution in [2.45, 2.75) is 33.7 Å². The third-order valence-corrected chi connectivity index (χ3v) is 6.73. The predicted molar refractivity (Wildman–Crippen MR) is 150 cm³/mol. The molecule has 2 aromatic carbocycles. The summed E-state index contributed by atoms with van der Waals surface area (Å²) in [6.45, 7) is 5.94. The van der Waals surface area contributed by atoms with Crippen molar-refractivity contribution in [1.82, 2.24) is 10.2 Å². The molecular weight excluding hydrogens is 510 g/mol. The van der Waals surface area contributed by atoms with Crippen molar-refractivity contribution < 1.29 is 28.3 Å². The van der Waals surface area contributed by atoms with E-state index in [0.29, 0.717) is 35.9 Å². The fourth-order valence-corrected chi connectivity index (χ4v) is 4.35. The van der Waals surface area contributed by atoms with E-state index in [2.05, 4.69) is 10.6 Å². The maximum atomic E-state index is 13.3. The number of carbonyl (C=O) groups is 4. The van der Waals surface area contributed by atoms with Crippen LogP contribution in [-0.4, -0.2) is 42.2 Å². The van der Waals surface area contributed by atoms with E-state index in [1.165, 1.54) is 13.2 Å². The molecule has 3 amide bonds. The van der Waals surface area contributed by atoms with Gasteiger partial charge in [-0.3, -0.25) is 14.4 Å². The SMILES string of the molecule is COC(=O)C1=C(C)N(CCc2ccccc2)C(=O)/C1=C/c1ccc(CNC(=O)C(=O)Nc2ccc(C)c(C)c2)o1. The van der Waals surface area contributed by atoms with Crippen molar-refractivity contribution in [3.05, 3.63) is 106 Å². The Morgan fingerprint density at radius 3 is 2.40 bits per heavy atom. The molecule has 206 valence electrons. The van der Waals surface area contributed by atoms with Crippen LogP contribution in [0.1, 0.15) is 35.1 Å². The number of ether oxygens (including phenoxy) is 1. The topological polar surface area (TPSA) is 118 Å². The minimum Gasteiger partial charge on any atom is -0.465 e. The highest BCUT2D eigenvalue weighted by molar-refractivity contribution is 6.39. The summed E-state index contributed by atoms with van der Waals surface area (Å²) in [5.74, 6) is -1.89. The Kier molecular flexibility index (Phi) is 8.63. The maximum Gasteiger partial charge on any atom is 0.340 e. The molecule has 9 heteroatoms. The van der Waals surface area contributed by atoms with E-state index < -0.39 is 17.8 Å². The van der Waals surface area contributed by atoms with Gasteiger partial charge in [-0.2, -0.15) is 0 Å². The Bertz CT molecular complexity index is 1520. The number of nitrogens with zero attached hydrogens (tertiary/aromatic N) is 1. The summed E-state index contributed by atoms with van der Waals surface area (Å²) in [7, 11) is 1.27. The van der Waals surface area contributed by atoms with Crippen LogP contribution in [0.3, 0.4) is 0 Å². The molecule has 0 fully saturated rings. The molecule has 0 aliphatic carbocycles. The lowest BCUT2D eigenvalue weighted by molar-refractivity contribution is -0.136. The summed E-state index contributed by atoms with van der Waals surface area (Å²) in [5.41, 5.74) is 4.52. The molecule has 3 aromatic rings. The first-order valence-electron chi connectivity index (χ1n) is 12.8. The number of nitrogens with one attached hydrogen (secondary N) is 2. The maximum absolute atomic E-state index is 13.3. The first-order chi connectivity index (χ1) is 19.2. The number of amides is 3. The van der Waals surface area contributed by atoms with Gasteiger partial charge in [-0.1, -0.05) is 36.4 Å². The second kappa shape index (κ2) is 12.3. The van der Waals surface area contributed by atoms with Gasteiger partial charge >= 0.3 is 17.8 Å². The van der Waals surface area contributed by atoms with E-state index in [1.54, 1.807) is 36.1 Å². The van der Waals surface area contributed by atoms with Gasteiger partial charge in [0.05, 0.1) is 24.8 Å². The van der Waals surface area contributed by atoms with E-state index in [0.717, 1.165) is 16.7 Å². The lowest BCUT2D eigenvalue weighted by atomic mass is 10.1. The molecule has 0 spiro atoms. The molecule has 2 heterocycles. The molecular formula is C31H31N3O6. The third-order valence-electron chi connectivity index (χ3n) is 6.73. The molecule has 1 aromatic heterocycles. The number of aryl methyl sites for hydroxylation is 2. The summed E-state index contributed by atoms with van der Waals surface area (Å²) in [4.78, 5) is 52.1. The Hall–Kier alpha value is -4.92. The Morgan fingerprint density at radius 2 is 1.70 bits per heavy atom. The van der Waals surface area contributed by atoms with Crippen LogP contribution in [0.25, 0.3) is 6.08 Å². The smallest absolute Gasteiger partial charge is 0.340 e. The van der Waals surface area contributed by atoms with Gasteiger partial charge in [0.1, 0.15) is 11.5 Å². The average molecular weight is 542 g/mol. The van der Waals surface area contributed by atoms with Gasteiger partial charge in [-0.05, 0) is 74.2 Å². The van der Waals surface area contributed by atoms with E-state index in [9.17, 15) is 19.2 Å². The molecule has 0 unspecified atom stereocenters. The van der Waals surface area contributed by atoms with Crippen LogP contribution in [0.5, 0.6) is 0 Å². The first kappa shape index (κ1) is 28.1. The monoisotopic (exact) mass is 541 g/mol. The molecule has 0 radical (unpaired) electrons. The van der Waals surface area contributed by atoms with Gasteiger partial charge < -0.3 is 24.7 Å². The highest BCUT2D eigenvalue weighted by Gasteiger charge is 2.37. The van der Waals surface area contributed by atoms with Gasteiger partial charge in [-0.25, -0.2) is 4.79 Å². The molecule has 0 bridgehead atoms. The van der Waals surface area contributed by atoms with Crippen LogP contribution in [0.4, 0.5) is 5.69 Å². The number of allylic oxidation sites excluding steroid dienone is 1. The van der Waals surface area contributed by atoms with Crippen LogP contribution < -0.4 is 10.6 Å². The Morgan fingerprint density at radius 1 is 0.950 bits per heavy atom. The number of anilines is 1. The molecule has 0 saturated heterocycles. The summed E-state index contributed by atoms with van der Waals surface area (Å²) < 4.78 is 10.7. The van der Waals surface area contributed by atoms with E-state index in [1.807, 2.05) is 50.2 Å². The van der Waals surface area contributed by atoms with Gasteiger partial charge in [0.2, 0.25) is 0 Å².